The van der Waals surface area contributed by atoms with Crippen molar-refractivity contribution in [1.82, 2.24) is 20.4 Å². The first-order valence-electron chi connectivity index (χ1n) is 7.26. The molecule has 1 aromatic carbocycles. The monoisotopic (exact) mass is 328 g/mol. The average Bonchev–Trinajstić information content (AvgIpc) is 3.34. The largest absolute Gasteiger partial charge is 0.472 e. The zero-order valence-corrected chi connectivity index (χ0v) is 12.4. The maximum absolute atomic E-state index is 14.3. The van der Waals surface area contributed by atoms with E-state index in [4.69, 9.17) is 9.57 Å². The van der Waals surface area contributed by atoms with E-state index in [-0.39, 0.29) is 18.5 Å². The van der Waals surface area contributed by atoms with E-state index >= 15 is 0 Å². The molecule has 0 saturated carbocycles. The van der Waals surface area contributed by atoms with Crippen LogP contribution in [0.3, 0.4) is 0 Å². The Kier molecular flexibility index (Phi) is 3.72. The average molecular weight is 328 g/mol. The lowest BCUT2D eigenvalue weighted by molar-refractivity contribution is 0.0219. The summed E-state index contributed by atoms with van der Waals surface area (Å²) in [6.07, 6.45) is 6.22. The molecular weight excluding hydrogens is 315 g/mol. The Hall–Kier alpha value is -3.13. The summed E-state index contributed by atoms with van der Waals surface area (Å²) in [5, 5.41) is 7.68. The number of nitrogens with zero attached hydrogens (tertiary/aromatic N) is 3. The molecule has 24 heavy (non-hydrogen) atoms. The Morgan fingerprint density at radius 3 is 3.04 bits per heavy atom. The van der Waals surface area contributed by atoms with E-state index in [0.29, 0.717) is 22.8 Å². The van der Waals surface area contributed by atoms with Crippen LogP contribution >= 0.6 is 0 Å². The molecule has 3 aromatic rings. The van der Waals surface area contributed by atoms with Crippen molar-refractivity contribution >= 4 is 5.70 Å². The zero-order chi connectivity index (χ0) is 16.4. The van der Waals surface area contributed by atoms with Gasteiger partial charge in [0.15, 0.2) is 0 Å². The smallest absolute Gasteiger partial charge is 0.254 e. The zero-order valence-electron chi connectivity index (χ0n) is 12.4. The fourth-order valence-corrected chi connectivity index (χ4v) is 2.35. The molecule has 0 fully saturated rings. The number of hydrogen-bond acceptors (Lipinski definition) is 6. The van der Waals surface area contributed by atoms with Crippen LogP contribution in [0.15, 0.2) is 59.6 Å². The number of ether oxygens (including phenoxy) is 1. The van der Waals surface area contributed by atoms with Gasteiger partial charge >= 0.3 is 0 Å². The lowest BCUT2D eigenvalue weighted by Gasteiger charge is -2.08. The summed E-state index contributed by atoms with van der Waals surface area (Å²) >= 11 is 0. The van der Waals surface area contributed by atoms with Crippen molar-refractivity contribution in [2.45, 2.75) is 6.10 Å². The third-order valence-corrected chi connectivity index (χ3v) is 3.49. The molecule has 3 heterocycles. The van der Waals surface area contributed by atoms with Crippen molar-refractivity contribution < 1.29 is 18.5 Å². The number of aromatic nitrogens is 3. The number of benzene rings is 1. The Bertz CT molecular complexity index is 846. The lowest BCUT2D eigenvalue weighted by atomic mass is 10.1. The van der Waals surface area contributed by atoms with E-state index in [1.807, 2.05) is 6.08 Å². The summed E-state index contributed by atoms with van der Waals surface area (Å²) in [5.74, 6) is 0.0104. The Morgan fingerprint density at radius 1 is 1.33 bits per heavy atom. The molecule has 1 aliphatic heterocycles. The maximum Gasteiger partial charge on any atom is 0.254 e. The second-order valence-corrected chi connectivity index (χ2v) is 5.10. The van der Waals surface area contributed by atoms with Crippen molar-refractivity contribution in [2.24, 2.45) is 0 Å². The SMILES string of the molecule is Fc1cc(C2=CC(COc3ccon3)ON2)ccc1-n1cccn1. The highest BCUT2D eigenvalue weighted by Gasteiger charge is 2.19. The van der Waals surface area contributed by atoms with E-state index in [1.165, 1.54) is 17.0 Å². The summed E-state index contributed by atoms with van der Waals surface area (Å²) in [6.45, 7) is 0.261. The van der Waals surface area contributed by atoms with Gasteiger partial charge in [0.25, 0.3) is 5.88 Å². The molecule has 1 atom stereocenters. The van der Waals surface area contributed by atoms with E-state index in [1.54, 1.807) is 36.7 Å². The van der Waals surface area contributed by atoms with Gasteiger partial charge < -0.3 is 9.26 Å². The Balaban J connectivity index is 1.47. The van der Waals surface area contributed by atoms with Crippen LogP contribution in [-0.2, 0) is 4.84 Å². The normalized spacial score (nSPS) is 16.7. The van der Waals surface area contributed by atoms with Gasteiger partial charge in [-0.1, -0.05) is 6.07 Å². The second kappa shape index (κ2) is 6.17. The van der Waals surface area contributed by atoms with Crippen LogP contribution in [0.25, 0.3) is 11.4 Å². The maximum atomic E-state index is 14.3. The summed E-state index contributed by atoms with van der Waals surface area (Å²) in [6, 6.07) is 8.24. The van der Waals surface area contributed by atoms with Crippen molar-refractivity contribution in [3.63, 3.8) is 0 Å². The highest BCUT2D eigenvalue weighted by molar-refractivity contribution is 5.66. The van der Waals surface area contributed by atoms with E-state index < -0.39 is 0 Å². The lowest BCUT2D eigenvalue weighted by Crippen LogP contribution is -2.19. The molecule has 1 aliphatic rings. The van der Waals surface area contributed by atoms with Gasteiger partial charge in [0.05, 0.1) is 5.70 Å². The van der Waals surface area contributed by atoms with Crippen LogP contribution in [0.4, 0.5) is 4.39 Å². The molecular formula is C16H13FN4O3. The van der Waals surface area contributed by atoms with Gasteiger partial charge in [-0.05, 0) is 29.4 Å². The standard InChI is InChI=1S/C16H13FN4O3/c17-13-8-11(2-3-15(13)21-6-1-5-18-21)14-9-12(24-19-14)10-22-16-4-7-23-20-16/h1-9,12,19H,10H2. The first-order chi connectivity index (χ1) is 11.8. The van der Waals surface area contributed by atoms with Crippen molar-refractivity contribution in [3.05, 3.63) is 66.4 Å². The molecule has 1 unspecified atom stereocenters. The van der Waals surface area contributed by atoms with Gasteiger partial charge in [0.2, 0.25) is 0 Å². The molecule has 122 valence electrons. The van der Waals surface area contributed by atoms with Gasteiger partial charge in [-0.25, -0.2) is 9.07 Å². The van der Waals surface area contributed by atoms with Crippen LogP contribution in [0.1, 0.15) is 5.56 Å². The van der Waals surface area contributed by atoms with E-state index in [9.17, 15) is 4.39 Å². The minimum absolute atomic E-state index is 0.261. The van der Waals surface area contributed by atoms with Crippen LogP contribution in [0.2, 0.25) is 0 Å². The topological polar surface area (TPSA) is 74.3 Å². The van der Waals surface area contributed by atoms with Crippen molar-refractivity contribution in [1.29, 1.82) is 0 Å². The molecule has 0 radical (unpaired) electrons. The third kappa shape index (κ3) is 2.86. The third-order valence-electron chi connectivity index (χ3n) is 3.49. The molecule has 0 aliphatic carbocycles. The van der Waals surface area contributed by atoms with Crippen molar-refractivity contribution in [2.75, 3.05) is 6.61 Å². The highest BCUT2D eigenvalue weighted by Crippen LogP contribution is 2.22. The highest BCUT2D eigenvalue weighted by atomic mass is 19.1. The molecule has 0 bridgehead atoms. The molecule has 1 N–H and O–H groups in total. The van der Waals surface area contributed by atoms with Crippen LogP contribution in [0, 0.1) is 5.82 Å². The van der Waals surface area contributed by atoms with Gasteiger partial charge in [-0.15, -0.1) is 0 Å². The molecule has 0 spiro atoms. The number of hydroxylamine groups is 1. The fraction of sp³-hybridized carbons (Fsp3) is 0.125. The van der Waals surface area contributed by atoms with Crippen LogP contribution < -0.4 is 10.2 Å². The van der Waals surface area contributed by atoms with Crippen LogP contribution in [-0.4, -0.2) is 27.6 Å². The Morgan fingerprint density at radius 2 is 2.29 bits per heavy atom. The van der Waals surface area contributed by atoms with E-state index in [2.05, 4.69) is 20.3 Å². The number of rotatable bonds is 5. The van der Waals surface area contributed by atoms with Crippen LogP contribution in [0.5, 0.6) is 5.88 Å². The number of nitrogens with one attached hydrogen (secondary N) is 1. The predicted octanol–water partition coefficient (Wildman–Crippen LogP) is 2.32. The minimum atomic E-state index is -0.374. The van der Waals surface area contributed by atoms with Gasteiger partial charge in [-0.2, -0.15) is 5.10 Å². The van der Waals surface area contributed by atoms with E-state index in [0.717, 1.165) is 0 Å². The number of hydrogen-bond donors (Lipinski definition) is 1. The fourth-order valence-electron chi connectivity index (χ4n) is 2.35. The minimum Gasteiger partial charge on any atom is -0.472 e. The van der Waals surface area contributed by atoms with Gasteiger partial charge in [0, 0.05) is 24.0 Å². The Labute approximate surface area is 136 Å². The van der Waals surface area contributed by atoms with Gasteiger partial charge in [0.1, 0.15) is 30.5 Å². The molecule has 8 heteroatoms. The number of halogens is 1. The molecule has 0 saturated heterocycles. The van der Waals surface area contributed by atoms with Crippen molar-refractivity contribution in [3.8, 4) is 11.6 Å². The predicted molar refractivity (Wildman–Crippen MR) is 81.5 cm³/mol. The quantitative estimate of drug-likeness (QED) is 0.775. The second-order valence-electron chi connectivity index (χ2n) is 5.10. The summed E-state index contributed by atoms with van der Waals surface area (Å²) in [4.78, 5) is 5.39. The molecule has 7 nitrogen and oxygen atoms in total. The molecule has 2 aromatic heterocycles. The van der Waals surface area contributed by atoms with Gasteiger partial charge in [-0.3, -0.25) is 10.3 Å². The molecule has 4 rings (SSSR count). The first-order valence-corrected chi connectivity index (χ1v) is 7.26. The summed E-state index contributed by atoms with van der Waals surface area (Å²) in [7, 11) is 0. The molecule has 0 amide bonds. The first kappa shape index (κ1) is 14.5. The summed E-state index contributed by atoms with van der Waals surface area (Å²) in [5.41, 5.74) is 4.52. The summed E-state index contributed by atoms with van der Waals surface area (Å²) < 4.78 is 25.9.